The fraction of sp³-hybridized carbons (Fsp3) is 0.222. The molecule has 0 saturated carbocycles. The first-order chi connectivity index (χ1) is 10.6. The van der Waals surface area contributed by atoms with Crippen LogP contribution in [0, 0.1) is 6.92 Å². The highest BCUT2D eigenvalue weighted by atomic mass is 16.5. The highest BCUT2D eigenvalue weighted by Gasteiger charge is 2.31. The van der Waals surface area contributed by atoms with Gasteiger partial charge in [-0.05, 0) is 23.9 Å². The first-order valence-electron chi connectivity index (χ1n) is 7.24. The third-order valence-electron chi connectivity index (χ3n) is 4.31. The first kappa shape index (κ1) is 13.1. The Morgan fingerprint density at radius 3 is 2.64 bits per heavy atom. The topological polar surface area (TPSA) is 56.5 Å². The number of benzene rings is 2. The molecular formula is C18H14O4. The Morgan fingerprint density at radius 2 is 1.82 bits per heavy atom. The van der Waals surface area contributed by atoms with Gasteiger partial charge in [0, 0.05) is 11.3 Å². The lowest BCUT2D eigenvalue weighted by atomic mass is 9.95. The van der Waals surface area contributed by atoms with Gasteiger partial charge in [0.2, 0.25) is 5.76 Å². The average Bonchev–Trinajstić information content (AvgIpc) is 2.51. The molecule has 0 radical (unpaired) electrons. The van der Waals surface area contributed by atoms with Crippen LogP contribution < -0.4 is 5.43 Å². The number of ether oxygens (including phenoxy) is 1. The molecule has 3 aromatic rings. The van der Waals surface area contributed by atoms with E-state index in [1.807, 2.05) is 38.1 Å². The monoisotopic (exact) mass is 294 g/mol. The van der Waals surface area contributed by atoms with E-state index in [4.69, 9.17) is 9.15 Å². The molecule has 0 bridgehead atoms. The van der Waals surface area contributed by atoms with E-state index in [9.17, 15) is 9.59 Å². The summed E-state index contributed by atoms with van der Waals surface area (Å²) < 4.78 is 10.9. The van der Waals surface area contributed by atoms with Crippen LogP contribution in [0.5, 0.6) is 0 Å². The second-order valence-electron chi connectivity index (χ2n) is 5.79. The van der Waals surface area contributed by atoms with Gasteiger partial charge >= 0.3 is 5.97 Å². The average molecular weight is 294 g/mol. The van der Waals surface area contributed by atoms with E-state index in [1.165, 1.54) is 0 Å². The molecule has 4 rings (SSSR count). The quantitative estimate of drug-likeness (QED) is 0.470. The van der Waals surface area contributed by atoms with Gasteiger partial charge in [-0.25, -0.2) is 4.79 Å². The molecule has 0 saturated heterocycles. The van der Waals surface area contributed by atoms with Crippen LogP contribution in [-0.2, 0) is 4.74 Å². The van der Waals surface area contributed by atoms with E-state index in [2.05, 4.69) is 0 Å². The Bertz CT molecular complexity index is 997. The van der Waals surface area contributed by atoms with Gasteiger partial charge in [0.1, 0.15) is 5.58 Å². The van der Waals surface area contributed by atoms with E-state index in [0.717, 1.165) is 16.3 Å². The number of esters is 1. The van der Waals surface area contributed by atoms with Crippen LogP contribution in [0.15, 0.2) is 39.5 Å². The SMILES string of the molecule is Cc1cccc2c1ccc1c(=O)c3c(oc12)C(=O)OC[C@@H]3C. The van der Waals surface area contributed by atoms with E-state index in [-0.39, 0.29) is 23.7 Å². The molecule has 0 spiro atoms. The molecule has 110 valence electrons. The zero-order valence-electron chi connectivity index (χ0n) is 12.3. The number of hydrogen-bond acceptors (Lipinski definition) is 4. The van der Waals surface area contributed by atoms with Crippen molar-refractivity contribution in [3.05, 3.63) is 57.4 Å². The Hall–Kier alpha value is -2.62. The van der Waals surface area contributed by atoms with Crippen molar-refractivity contribution in [3.63, 3.8) is 0 Å². The fourth-order valence-electron chi connectivity index (χ4n) is 3.13. The molecule has 0 aliphatic carbocycles. The molecular weight excluding hydrogens is 280 g/mol. The van der Waals surface area contributed by atoms with Crippen molar-refractivity contribution in [2.45, 2.75) is 19.8 Å². The maximum absolute atomic E-state index is 12.8. The van der Waals surface area contributed by atoms with Gasteiger partial charge in [-0.15, -0.1) is 0 Å². The van der Waals surface area contributed by atoms with Crippen LogP contribution in [0.2, 0.25) is 0 Å². The zero-order chi connectivity index (χ0) is 15.4. The second kappa shape index (κ2) is 4.44. The lowest BCUT2D eigenvalue weighted by Crippen LogP contribution is -2.27. The van der Waals surface area contributed by atoms with Gasteiger partial charge in [0.25, 0.3) is 0 Å². The van der Waals surface area contributed by atoms with Crippen LogP contribution >= 0.6 is 0 Å². The summed E-state index contributed by atoms with van der Waals surface area (Å²) in [6, 6.07) is 9.53. The largest absolute Gasteiger partial charge is 0.459 e. The predicted octanol–water partition coefficient (Wildman–Crippen LogP) is 3.53. The minimum Gasteiger partial charge on any atom is -0.459 e. The van der Waals surface area contributed by atoms with E-state index in [0.29, 0.717) is 16.5 Å². The molecule has 2 aromatic carbocycles. The summed E-state index contributed by atoms with van der Waals surface area (Å²) in [5.74, 6) is -0.663. The molecule has 4 nitrogen and oxygen atoms in total. The number of hydrogen-bond donors (Lipinski definition) is 0. The highest BCUT2D eigenvalue weighted by Crippen LogP contribution is 2.31. The molecule has 0 unspecified atom stereocenters. The van der Waals surface area contributed by atoms with Gasteiger partial charge in [-0.2, -0.15) is 0 Å². The number of fused-ring (bicyclic) bond motifs is 4. The Morgan fingerprint density at radius 1 is 1.05 bits per heavy atom. The summed E-state index contributed by atoms with van der Waals surface area (Å²) in [6.45, 7) is 4.08. The fourth-order valence-corrected chi connectivity index (χ4v) is 3.13. The van der Waals surface area contributed by atoms with Crippen molar-refractivity contribution in [2.75, 3.05) is 6.61 Å². The lowest BCUT2D eigenvalue weighted by Gasteiger charge is -2.20. The number of aryl methyl sites for hydroxylation is 1. The molecule has 0 fully saturated rings. The van der Waals surface area contributed by atoms with Crippen molar-refractivity contribution in [1.29, 1.82) is 0 Å². The summed E-state index contributed by atoms with van der Waals surface area (Å²) in [5.41, 5.74) is 1.84. The molecule has 2 heterocycles. The summed E-state index contributed by atoms with van der Waals surface area (Å²) in [7, 11) is 0. The number of cyclic esters (lactones) is 1. The van der Waals surface area contributed by atoms with Gasteiger partial charge in [0.05, 0.1) is 17.6 Å². The molecule has 0 amide bonds. The Balaban J connectivity index is 2.22. The summed E-state index contributed by atoms with van der Waals surface area (Å²) in [6.07, 6.45) is 0. The standard InChI is InChI=1S/C18H14O4/c1-9-4-3-5-12-11(9)6-7-13-15(19)14-10(2)8-21-18(20)17(14)22-16(12)13/h3-7,10H,8H2,1-2H3/t10-/m0/s1. The summed E-state index contributed by atoms with van der Waals surface area (Å²) in [5, 5.41) is 2.36. The van der Waals surface area contributed by atoms with Crippen LogP contribution in [0.4, 0.5) is 0 Å². The normalized spacial score (nSPS) is 17.5. The Labute approximate surface area is 126 Å². The highest BCUT2D eigenvalue weighted by molar-refractivity contribution is 6.06. The number of carbonyl (C=O) groups excluding carboxylic acids is 1. The minimum absolute atomic E-state index is 0.0465. The minimum atomic E-state index is -0.559. The maximum Gasteiger partial charge on any atom is 0.374 e. The molecule has 1 atom stereocenters. The lowest BCUT2D eigenvalue weighted by molar-refractivity contribution is 0.0402. The number of rotatable bonds is 0. The summed E-state index contributed by atoms with van der Waals surface area (Å²) >= 11 is 0. The molecule has 1 aliphatic heterocycles. The molecule has 0 N–H and O–H groups in total. The first-order valence-corrected chi connectivity index (χ1v) is 7.24. The van der Waals surface area contributed by atoms with Crippen LogP contribution in [0.25, 0.3) is 21.7 Å². The third kappa shape index (κ3) is 1.64. The second-order valence-corrected chi connectivity index (χ2v) is 5.79. The van der Waals surface area contributed by atoms with Crippen LogP contribution in [-0.4, -0.2) is 12.6 Å². The van der Waals surface area contributed by atoms with Crippen LogP contribution in [0.3, 0.4) is 0 Å². The van der Waals surface area contributed by atoms with Gasteiger partial charge in [0.15, 0.2) is 5.43 Å². The third-order valence-corrected chi connectivity index (χ3v) is 4.31. The summed E-state index contributed by atoms with van der Waals surface area (Å²) in [4.78, 5) is 24.8. The van der Waals surface area contributed by atoms with Crippen molar-refractivity contribution < 1.29 is 13.9 Å². The van der Waals surface area contributed by atoms with Crippen LogP contribution in [0.1, 0.15) is 34.5 Å². The van der Waals surface area contributed by atoms with Crippen molar-refractivity contribution in [3.8, 4) is 0 Å². The zero-order valence-corrected chi connectivity index (χ0v) is 12.3. The molecule has 1 aliphatic rings. The van der Waals surface area contributed by atoms with E-state index in [1.54, 1.807) is 6.07 Å². The van der Waals surface area contributed by atoms with Gasteiger partial charge in [-0.1, -0.05) is 31.2 Å². The van der Waals surface area contributed by atoms with Crippen molar-refractivity contribution >= 4 is 27.7 Å². The van der Waals surface area contributed by atoms with Gasteiger partial charge in [-0.3, -0.25) is 4.79 Å². The number of carbonyl (C=O) groups is 1. The molecule has 22 heavy (non-hydrogen) atoms. The molecule has 1 aromatic heterocycles. The van der Waals surface area contributed by atoms with Crippen molar-refractivity contribution in [1.82, 2.24) is 0 Å². The van der Waals surface area contributed by atoms with Gasteiger partial charge < -0.3 is 9.15 Å². The van der Waals surface area contributed by atoms with E-state index >= 15 is 0 Å². The predicted molar refractivity (Wildman–Crippen MR) is 83.4 cm³/mol. The van der Waals surface area contributed by atoms with Crippen molar-refractivity contribution in [2.24, 2.45) is 0 Å². The Kier molecular flexibility index (Phi) is 2.64. The van der Waals surface area contributed by atoms with E-state index < -0.39 is 5.97 Å². The maximum atomic E-state index is 12.8. The molecule has 4 heteroatoms. The smallest absolute Gasteiger partial charge is 0.374 e.